The number of methoxy groups -OCH3 is 4. The van der Waals surface area contributed by atoms with Crippen molar-refractivity contribution in [2.45, 2.75) is 101 Å². The smallest absolute Gasteiger partial charge is 0.255 e. The van der Waals surface area contributed by atoms with Gasteiger partial charge in [0.05, 0.1) is 56.7 Å². The highest BCUT2D eigenvalue weighted by molar-refractivity contribution is 6.07. The van der Waals surface area contributed by atoms with Gasteiger partial charge < -0.3 is 90.6 Å². The summed E-state index contributed by atoms with van der Waals surface area (Å²) in [6.45, 7) is 1.46. The summed E-state index contributed by atoms with van der Waals surface area (Å²) in [4.78, 5) is 109. The number of carbonyl (C=O) groups excluding carboxylic acids is 8. The first-order valence-electron chi connectivity index (χ1n) is 26.7. The molecule has 0 radical (unpaired) electrons. The number of amides is 8. The minimum absolute atomic E-state index is 0. The van der Waals surface area contributed by atoms with Crippen molar-refractivity contribution in [3.05, 3.63) is 95.1 Å². The summed E-state index contributed by atoms with van der Waals surface area (Å²) in [6, 6.07) is 13.3. The maximum absolute atomic E-state index is 14.2. The molecule has 0 spiro atoms. The van der Waals surface area contributed by atoms with Crippen LogP contribution in [0.3, 0.4) is 0 Å². The molecule has 4 aromatic rings. The number of hydrogen-bond donors (Lipinski definition) is 13. The average Bonchev–Trinajstić information content (AvgIpc) is 3.39. The van der Waals surface area contributed by atoms with Crippen LogP contribution in [0, 0.1) is 0 Å². The van der Waals surface area contributed by atoms with E-state index in [0.717, 1.165) is 0 Å². The van der Waals surface area contributed by atoms with Crippen molar-refractivity contribution in [3.8, 4) is 23.0 Å². The first-order valence-corrected chi connectivity index (χ1v) is 26.7. The quantitative estimate of drug-likeness (QED) is 0.0272. The minimum Gasteiger partial charge on any atom is -0.496 e. The molecule has 480 valence electrons. The number of nitrogens with two attached hydrogens (primary N) is 6. The third-order valence-electron chi connectivity index (χ3n) is 12.9. The Hall–Kier alpha value is -6.91. The number of primary amides is 1. The number of halogens is 5. The second kappa shape index (κ2) is 42.8. The molecule has 0 aliphatic carbocycles. The van der Waals surface area contributed by atoms with E-state index < -0.39 is 71.4 Å². The molecule has 0 aromatic heterocycles. The van der Waals surface area contributed by atoms with Gasteiger partial charge in [-0.05, 0) is 170 Å². The number of carbonyl (C=O) groups is 8. The lowest BCUT2D eigenvalue weighted by Gasteiger charge is -2.22. The largest absolute Gasteiger partial charge is 0.496 e. The molecule has 4 atom stereocenters. The second-order valence-electron chi connectivity index (χ2n) is 18.8. The van der Waals surface area contributed by atoms with Crippen LogP contribution in [0.5, 0.6) is 23.0 Å². The monoisotopic (exact) mass is 1310 g/mol. The highest BCUT2D eigenvalue weighted by Crippen LogP contribution is 2.28. The molecule has 25 nitrogen and oxygen atoms in total. The van der Waals surface area contributed by atoms with Gasteiger partial charge in [-0.1, -0.05) is 6.42 Å². The maximum Gasteiger partial charge on any atom is 0.255 e. The van der Waals surface area contributed by atoms with Crippen LogP contribution in [0.2, 0.25) is 0 Å². The molecule has 0 bridgehead atoms. The van der Waals surface area contributed by atoms with Crippen molar-refractivity contribution in [2.24, 2.45) is 34.4 Å². The van der Waals surface area contributed by atoms with E-state index >= 15 is 0 Å². The number of anilines is 4. The van der Waals surface area contributed by atoms with E-state index in [2.05, 4.69) is 37.2 Å². The van der Waals surface area contributed by atoms with Crippen molar-refractivity contribution in [3.63, 3.8) is 0 Å². The van der Waals surface area contributed by atoms with E-state index in [1.54, 1.807) is 6.07 Å². The molecular weight excluding hydrogens is 1220 g/mol. The lowest BCUT2D eigenvalue weighted by molar-refractivity contribution is -0.118. The van der Waals surface area contributed by atoms with Gasteiger partial charge in [-0.15, -0.1) is 62.0 Å². The molecule has 0 aliphatic heterocycles. The third kappa shape index (κ3) is 25.2. The van der Waals surface area contributed by atoms with Crippen molar-refractivity contribution < 1.29 is 57.3 Å². The lowest BCUT2D eigenvalue weighted by atomic mass is 10.1. The van der Waals surface area contributed by atoms with Gasteiger partial charge in [0.1, 0.15) is 41.1 Å². The van der Waals surface area contributed by atoms with Gasteiger partial charge in [0.15, 0.2) is 0 Å². The summed E-state index contributed by atoms with van der Waals surface area (Å²) in [5.74, 6) is -4.64. The first-order chi connectivity index (χ1) is 38.9. The van der Waals surface area contributed by atoms with Crippen LogP contribution in [0.15, 0.2) is 72.8 Å². The SMILES string of the molecule is COc1ccc(NC(=O)[C@H](CCCCN)NC(=O)c2cc(NC(=O)[C@H](CCCCN)NC(=O)c3cc(NC(=O)[C@H](CCCCN)NC(=O)c4cc(NC(=O)[C@@H](N)CCCCN)ccc4OC)ccc3OC)ccc2OC)cc1C(N)=O.Cl.Cl.Cl.Cl.Cl. The van der Waals surface area contributed by atoms with Gasteiger partial charge >= 0.3 is 0 Å². The van der Waals surface area contributed by atoms with Crippen LogP contribution in [-0.2, 0) is 19.2 Å². The highest BCUT2D eigenvalue weighted by Gasteiger charge is 2.29. The number of nitrogens with one attached hydrogen (secondary N) is 7. The van der Waals surface area contributed by atoms with E-state index in [-0.39, 0.29) is 149 Å². The van der Waals surface area contributed by atoms with Crippen molar-refractivity contribution in [2.75, 3.05) is 75.9 Å². The molecule has 0 saturated carbocycles. The zero-order chi connectivity index (χ0) is 59.4. The molecule has 86 heavy (non-hydrogen) atoms. The maximum atomic E-state index is 14.2. The molecule has 8 amide bonds. The molecule has 0 heterocycles. The van der Waals surface area contributed by atoms with Gasteiger partial charge in [-0.3, -0.25) is 38.4 Å². The minimum atomic E-state index is -1.17. The molecular formula is C56H84Cl5N13O12. The number of benzene rings is 4. The lowest BCUT2D eigenvalue weighted by Crippen LogP contribution is -2.44. The van der Waals surface area contributed by atoms with Crippen LogP contribution < -0.4 is 90.6 Å². The molecule has 4 rings (SSSR count). The van der Waals surface area contributed by atoms with Gasteiger partial charge in [-0.25, -0.2) is 0 Å². The van der Waals surface area contributed by atoms with Crippen molar-refractivity contribution >= 4 is 132 Å². The second-order valence-corrected chi connectivity index (χ2v) is 18.8. The zero-order valence-corrected chi connectivity index (χ0v) is 52.5. The first kappa shape index (κ1) is 81.2. The molecule has 30 heteroatoms. The Bertz CT molecular complexity index is 2830. The van der Waals surface area contributed by atoms with E-state index in [1.807, 2.05) is 0 Å². The topological polar surface area (TPSA) is 414 Å². The number of unbranched alkanes of at least 4 members (excludes halogenated alkanes) is 4. The molecule has 4 aromatic carbocycles. The predicted molar refractivity (Wildman–Crippen MR) is 345 cm³/mol. The summed E-state index contributed by atoms with van der Waals surface area (Å²) in [7, 11) is 5.44. The average molecular weight is 1310 g/mol. The predicted octanol–water partition coefficient (Wildman–Crippen LogP) is 4.92. The Labute approximate surface area is 532 Å². The fraction of sp³-hybridized carbons (Fsp3) is 0.429. The van der Waals surface area contributed by atoms with Crippen LogP contribution in [0.4, 0.5) is 22.7 Å². The fourth-order valence-electron chi connectivity index (χ4n) is 8.42. The van der Waals surface area contributed by atoms with Crippen molar-refractivity contribution in [1.29, 1.82) is 0 Å². The van der Waals surface area contributed by atoms with E-state index in [4.69, 9.17) is 53.3 Å². The highest BCUT2D eigenvalue weighted by atomic mass is 35.5. The Morgan fingerprint density at radius 3 is 0.872 bits per heavy atom. The van der Waals surface area contributed by atoms with Gasteiger partial charge in [0.25, 0.3) is 23.6 Å². The van der Waals surface area contributed by atoms with Crippen LogP contribution >= 0.6 is 62.0 Å². The Balaban J connectivity index is 0. The molecule has 0 unspecified atom stereocenters. The molecule has 19 N–H and O–H groups in total. The fourth-order valence-corrected chi connectivity index (χ4v) is 8.42. The third-order valence-corrected chi connectivity index (χ3v) is 12.9. The molecule has 0 aliphatic rings. The Morgan fingerprint density at radius 1 is 0.372 bits per heavy atom. The Kier molecular flexibility index (Phi) is 40.4. The zero-order valence-electron chi connectivity index (χ0n) is 48.5. The standard InChI is InChI=1S/C56H79N13O12.5ClH/c1-78-45-21-17-33(29-37(45)49(62)70)64-54(75)42(14-6-10-26-58)67-51(72)39-31-35(19-23-47(39)80-3)66-56(77)44(16-8-12-28-60)69-52(73)40-32-36(20-24-48(40)81-4)65-55(76)43(15-7-11-27-59)68-50(71)38-30-34(18-22-46(38)79-2)63-53(74)41(61)13-5-9-25-57;;;;;/h17-24,29-32,41-44H,5-16,25-28,57-61H2,1-4H3,(H2,62,70)(H,63,74)(H,64,75)(H,65,76)(H,66,77)(H,67,72)(H,68,71)(H,69,73);5*1H/t41-,42-,43-,44-;;;;;/m0...../s1. The van der Waals surface area contributed by atoms with Crippen LogP contribution in [0.25, 0.3) is 0 Å². The van der Waals surface area contributed by atoms with E-state index in [9.17, 15) is 38.4 Å². The summed E-state index contributed by atoms with van der Waals surface area (Å²) in [6.07, 6.45) is 5.28. The van der Waals surface area contributed by atoms with Crippen LogP contribution in [0.1, 0.15) is 118 Å². The van der Waals surface area contributed by atoms with Crippen molar-refractivity contribution in [1.82, 2.24) is 16.0 Å². The normalized spacial score (nSPS) is 11.6. The number of rotatable bonds is 35. The van der Waals surface area contributed by atoms with E-state index in [1.165, 1.54) is 95.2 Å². The summed E-state index contributed by atoms with van der Waals surface area (Å²) < 4.78 is 21.7. The van der Waals surface area contributed by atoms with Gasteiger partial charge in [-0.2, -0.15) is 0 Å². The number of ether oxygens (including phenoxy) is 4. The Morgan fingerprint density at radius 2 is 0.616 bits per heavy atom. The summed E-state index contributed by atoms with van der Waals surface area (Å²) in [5, 5.41) is 19.3. The van der Waals surface area contributed by atoms with E-state index in [0.29, 0.717) is 84.0 Å². The molecule has 0 fully saturated rings. The van der Waals surface area contributed by atoms with Gasteiger partial charge in [0.2, 0.25) is 23.6 Å². The summed E-state index contributed by atoms with van der Waals surface area (Å²) >= 11 is 0. The van der Waals surface area contributed by atoms with Gasteiger partial charge in [0, 0.05) is 22.7 Å². The van der Waals surface area contributed by atoms with Crippen LogP contribution in [-0.4, -0.2) is 126 Å². The molecule has 0 saturated heterocycles. The summed E-state index contributed by atoms with van der Waals surface area (Å²) in [5.41, 5.74) is 35.3. The number of hydrogen-bond acceptors (Lipinski definition) is 17.